The van der Waals surface area contributed by atoms with Crippen LogP contribution in [0, 0.1) is 0 Å². The normalized spacial score (nSPS) is 21.5. The molecule has 0 atom stereocenters. The fourth-order valence-corrected chi connectivity index (χ4v) is 2.00. The summed E-state index contributed by atoms with van der Waals surface area (Å²) in [6.45, 7) is 2.12. The van der Waals surface area contributed by atoms with Gasteiger partial charge in [0.25, 0.3) is 0 Å². The van der Waals surface area contributed by atoms with Crippen LogP contribution >= 0.6 is 11.8 Å². The lowest BCUT2D eigenvalue weighted by molar-refractivity contribution is 0.445. The van der Waals surface area contributed by atoms with Crippen molar-refractivity contribution in [2.45, 2.75) is 6.42 Å². The van der Waals surface area contributed by atoms with Gasteiger partial charge in [0.05, 0.1) is 0 Å². The van der Waals surface area contributed by atoms with Crippen LogP contribution in [0.25, 0.3) is 0 Å². The van der Waals surface area contributed by atoms with Crippen LogP contribution in [0.15, 0.2) is 4.99 Å². The molecule has 0 aromatic carbocycles. The van der Waals surface area contributed by atoms with Gasteiger partial charge in [-0.3, -0.25) is 4.99 Å². The molecule has 1 aliphatic heterocycles. The van der Waals surface area contributed by atoms with Gasteiger partial charge in [0.15, 0.2) is 5.96 Å². The van der Waals surface area contributed by atoms with Crippen LogP contribution in [0.1, 0.15) is 6.42 Å². The van der Waals surface area contributed by atoms with Crippen molar-refractivity contribution in [3.8, 4) is 0 Å². The molecule has 1 rings (SSSR count). The molecule has 1 aliphatic rings. The van der Waals surface area contributed by atoms with E-state index in [4.69, 9.17) is 5.73 Å². The Bertz CT molecular complexity index is 139. The third-order valence-electron chi connectivity index (χ3n) is 1.78. The van der Waals surface area contributed by atoms with Crippen LogP contribution in [-0.4, -0.2) is 42.5 Å². The molecule has 0 radical (unpaired) electrons. The van der Waals surface area contributed by atoms with E-state index in [9.17, 15) is 0 Å². The molecule has 2 N–H and O–H groups in total. The molecule has 11 heavy (non-hydrogen) atoms. The molecule has 1 saturated heterocycles. The summed E-state index contributed by atoms with van der Waals surface area (Å²) in [5.74, 6) is 3.12. The number of nitrogens with zero attached hydrogens (tertiary/aromatic N) is 2. The van der Waals surface area contributed by atoms with Crippen molar-refractivity contribution < 1.29 is 0 Å². The molecule has 0 spiro atoms. The van der Waals surface area contributed by atoms with Crippen molar-refractivity contribution in [2.75, 3.05) is 31.6 Å². The van der Waals surface area contributed by atoms with Crippen molar-refractivity contribution in [3.05, 3.63) is 0 Å². The smallest absolute Gasteiger partial charge is 0.190 e. The van der Waals surface area contributed by atoms with Crippen LogP contribution in [0.2, 0.25) is 0 Å². The van der Waals surface area contributed by atoms with E-state index in [-0.39, 0.29) is 0 Å². The Morgan fingerprint density at radius 2 is 2.27 bits per heavy atom. The van der Waals surface area contributed by atoms with Gasteiger partial charge in [-0.15, -0.1) is 0 Å². The monoisotopic (exact) mass is 173 g/mol. The van der Waals surface area contributed by atoms with Crippen molar-refractivity contribution in [1.82, 2.24) is 4.90 Å². The van der Waals surface area contributed by atoms with Crippen molar-refractivity contribution >= 4 is 17.7 Å². The van der Waals surface area contributed by atoms with E-state index >= 15 is 0 Å². The predicted molar refractivity (Wildman–Crippen MR) is 51.1 cm³/mol. The topological polar surface area (TPSA) is 41.6 Å². The number of nitrogens with two attached hydrogens (primary N) is 1. The average Bonchev–Trinajstić information content (AvgIpc) is 2.30. The molecule has 1 heterocycles. The van der Waals surface area contributed by atoms with Crippen molar-refractivity contribution in [2.24, 2.45) is 10.7 Å². The van der Waals surface area contributed by atoms with Gasteiger partial charge in [-0.2, -0.15) is 11.8 Å². The van der Waals surface area contributed by atoms with Gasteiger partial charge in [0.1, 0.15) is 0 Å². The van der Waals surface area contributed by atoms with Crippen LogP contribution < -0.4 is 5.73 Å². The highest BCUT2D eigenvalue weighted by Crippen LogP contribution is 2.09. The van der Waals surface area contributed by atoms with Crippen LogP contribution in [-0.2, 0) is 0 Å². The second-order valence-electron chi connectivity index (χ2n) is 2.53. The minimum Gasteiger partial charge on any atom is -0.370 e. The molecular weight excluding hydrogens is 158 g/mol. The van der Waals surface area contributed by atoms with Gasteiger partial charge >= 0.3 is 0 Å². The van der Waals surface area contributed by atoms with Crippen LogP contribution in [0.5, 0.6) is 0 Å². The Balaban J connectivity index is 2.42. The minimum atomic E-state index is 0.688. The Hall–Kier alpha value is -0.380. The van der Waals surface area contributed by atoms with Gasteiger partial charge in [0, 0.05) is 25.9 Å². The summed E-state index contributed by atoms with van der Waals surface area (Å²) in [5.41, 5.74) is 5.68. The first-order valence-electron chi connectivity index (χ1n) is 3.89. The van der Waals surface area contributed by atoms with Gasteiger partial charge in [0.2, 0.25) is 0 Å². The lowest BCUT2D eigenvalue weighted by atomic mass is 10.4. The molecule has 0 aliphatic carbocycles. The molecule has 1 fully saturated rings. The second kappa shape index (κ2) is 4.49. The SMILES string of the molecule is CN=C(N)N1CCCSCC1. The van der Waals surface area contributed by atoms with Crippen molar-refractivity contribution in [3.63, 3.8) is 0 Å². The van der Waals surface area contributed by atoms with E-state index in [1.807, 2.05) is 11.8 Å². The minimum absolute atomic E-state index is 0.688. The predicted octanol–water partition coefficient (Wildman–Crippen LogP) is 0.370. The molecule has 64 valence electrons. The lowest BCUT2D eigenvalue weighted by Crippen LogP contribution is -2.38. The summed E-state index contributed by atoms with van der Waals surface area (Å²) in [6, 6.07) is 0. The molecule has 0 aromatic rings. The lowest BCUT2D eigenvalue weighted by Gasteiger charge is -2.19. The maximum Gasteiger partial charge on any atom is 0.190 e. The average molecular weight is 173 g/mol. The van der Waals surface area contributed by atoms with E-state index in [0.717, 1.165) is 13.1 Å². The summed E-state index contributed by atoms with van der Waals surface area (Å²) >= 11 is 2.00. The first kappa shape index (κ1) is 8.71. The molecule has 3 nitrogen and oxygen atoms in total. The molecule has 0 saturated carbocycles. The Morgan fingerprint density at radius 3 is 3.00 bits per heavy atom. The Kier molecular flexibility index (Phi) is 3.56. The van der Waals surface area contributed by atoms with Gasteiger partial charge in [-0.25, -0.2) is 0 Å². The van der Waals surface area contributed by atoms with Gasteiger partial charge < -0.3 is 10.6 Å². The van der Waals surface area contributed by atoms with Crippen LogP contribution in [0.4, 0.5) is 0 Å². The van der Waals surface area contributed by atoms with E-state index in [0.29, 0.717) is 5.96 Å². The quantitative estimate of drug-likeness (QED) is 0.425. The summed E-state index contributed by atoms with van der Waals surface area (Å²) in [4.78, 5) is 6.12. The van der Waals surface area contributed by atoms with E-state index in [1.165, 1.54) is 17.9 Å². The molecular formula is C7H15N3S. The third-order valence-corrected chi connectivity index (χ3v) is 2.82. The van der Waals surface area contributed by atoms with Crippen molar-refractivity contribution in [1.29, 1.82) is 0 Å². The first-order valence-corrected chi connectivity index (χ1v) is 5.05. The summed E-state index contributed by atoms with van der Waals surface area (Å²) in [7, 11) is 1.74. The maximum absolute atomic E-state index is 5.68. The number of rotatable bonds is 0. The number of hydrogen-bond acceptors (Lipinski definition) is 2. The first-order chi connectivity index (χ1) is 5.34. The number of guanidine groups is 1. The fourth-order valence-electron chi connectivity index (χ4n) is 1.12. The fraction of sp³-hybridized carbons (Fsp3) is 0.857. The highest BCUT2D eigenvalue weighted by atomic mass is 32.2. The second-order valence-corrected chi connectivity index (χ2v) is 3.76. The number of hydrogen-bond donors (Lipinski definition) is 1. The molecule has 4 heteroatoms. The molecule has 0 amide bonds. The zero-order valence-corrected chi connectivity index (χ0v) is 7.73. The highest BCUT2D eigenvalue weighted by Gasteiger charge is 2.09. The number of aliphatic imine (C=N–C) groups is 1. The van der Waals surface area contributed by atoms with E-state index in [2.05, 4.69) is 9.89 Å². The zero-order chi connectivity index (χ0) is 8.10. The summed E-state index contributed by atoms with van der Waals surface area (Å²) in [5, 5.41) is 0. The van der Waals surface area contributed by atoms with Gasteiger partial charge in [-0.1, -0.05) is 0 Å². The zero-order valence-electron chi connectivity index (χ0n) is 6.92. The molecule has 0 aromatic heterocycles. The number of thioether (sulfide) groups is 1. The third kappa shape index (κ3) is 2.61. The Labute approximate surface area is 72.0 Å². The van der Waals surface area contributed by atoms with E-state index in [1.54, 1.807) is 7.05 Å². The maximum atomic E-state index is 5.68. The Morgan fingerprint density at radius 1 is 1.45 bits per heavy atom. The van der Waals surface area contributed by atoms with Gasteiger partial charge in [-0.05, 0) is 12.2 Å². The summed E-state index contributed by atoms with van der Waals surface area (Å²) < 4.78 is 0. The van der Waals surface area contributed by atoms with E-state index < -0.39 is 0 Å². The molecule has 0 unspecified atom stereocenters. The highest BCUT2D eigenvalue weighted by molar-refractivity contribution is 7.99. The summed E-state index contributed by atoms with van der Waals surface area (Å²) in [6.07, 6.45) is 1.22. The largest absolute Gasteiger partial charge is 0.370 e. The van der Waals surface area contributed by atoms with Crippen LogP contribution in [0.3, 0.4) is 0 Å². The molecule has 0 bridgehead atoms. The standard InChI is InChI=1S/C7H15N3S/c1-9-7(8)10-3-2-5-11-6-4-10/h2-6H2,1H3,(H2,8,9).